The van der Waals surface area contributed by atoms with Crippen LogP contribution in [0.3, 0.4) is 0 Å². The number of benzene rings is 2. The van der Waals surface area contributed by atoms with Crippen LogP contribution in [-0.2, 0) is 9.53 Å². The van der Waals surface area contributed by atoms with Gasteiger partial charge in [-0.1, -0.05) is 18.2 Å². The SMILES string of the molecule is CC(C)(C=C(C#N)C(=O)N1CCC(n2c(=O)n(-c3ccc(Oc4ccccc4)cc3)c3c(N)ncnc32)CC1)N1CC2(COC2)C1. The monoisotopic (exact) mass is 620 g/mol. The van der Waals surface area contributed by atoms with Gasteiger partial charge in [-0.25, -0.2) is 14.8 Å². The minimum atomic E-state index is -0.430. The molecule has 46 heavy (non-hydrogen) atoms. The van der Waals surface area contributed by atoms with Crippen molar-refractivity contribution >= 4 is 22.9 Å². The van der Waals surface area contributed by atoms with E-state index in [1.807, 2.05) is 44.2 Å². The number of carbonyl (C=O) groups excluding carboxylic acids is 1. The molecule has 0 saturated carbocycles. The first-order valence-electron chi connectivity index (χ1n) is 15.5. The summed E-state index contributed by atoms with van der Waals surface area (Å²) in [6.07, 6.45) is 4.20. The molecule has 7 rings (SSSR count). The molecule has 0 atom stereocenters. The van der Waals surface area contributed by atoms with Crippen molar-refractivity contribution < 1.29 is 14.3 Å². The number of amides is 1. The lowest BCUT2D eigenvalue weighted by atomic mass is 9.75. The van der Waals surface area contributed by atoms with E-state index in [4.69, 9.17) is 15.2 Å². The average molecular weight is 621 g/mol. The maximum Gasteiger partial charge on any atom is 0.335 e. The highest BCUT2D eigenvalue weighted by molar-refractivity contribution is 5.97. The predicted molar refractivity (Wildman–Crippen MR) is 172 cm³/mol. The Morgan fingerprint density at radius 1 is 1.07 bits per heavy atom. The Bertz CT molecular complexity index is 1900. The van der Waals surface area contributed by atoms with Gasteiger partial charge in [0.25, 0.3) is 5.91 Å². The Kier molecular flexibility index (Phi) is 7.38. The molecule has 236 valence electrons. The van der Waals surface area contributed by atoms with Gasteiger partial charge in [0.15, 0.2) is 11.5 Å². The normalized spacial score (nSPS) is 18.6. The quantitative estimate of drug-likeness (QED) is 0.242. The minimum Gasteiger partial charge on any atom is -0.457 e. The molecule has 12 heteroatoms. The molecule has 2 aromatic heterocycles. The van der Waals surface area contributed by atoms with Crippen LogP contribution >= 0.6 is 0 Å². The number of fused-ring (bicyclic) bond motifs is 1. The first-order chi connectivity index (χ1) is 22.2. The van der Waals surface area contributed by atoms with Crippen LogP contribution in [0.4, 0.5) is 5.82 Å². The van der Waals surface area contributed by atoms with Gasteiger partial charge in [0.2, 0.25) is 0 Å². The molecular formula is C34H36N8O4. The van der Waals surface area contributed by atoms with E-state index in [9.17, 15) is 14.9 Å². The highest BCUT2D eigenvalue weighted by atomic mass is 16.5. The van der Waals surface area contributed by atoms with E-state index in [1.54, 1.807) is 39.8 Å². The van der Waals surface area contributed by atoms with E-state index in [-0.39, 0.29) is 34.4 Å². The van der Waals surface area contributed by atoms with E-state index in [1.165, 1.54) is 10.9 Å². The van der Waals surface area contributed by atoms with Gasteiger partial charge in [-0.2, -0.15) is 5.26 Å². The molecule has 3 aliphatic rings. The van der Waals surface area contributed by atoms with Crippen molar-refractivity contribution in [3.8, 4) is 23.3 Å². The number of nitrogen functional groups attached to an aromatic ring is 1. The predicted octanol–water partition coefficient (Wildman–Crippen LogP) is 3.68. The summed E-state index contributed by atoms with van der Waals surface area (Å²) in [5.41, 5.74) is 7.45. The number of nitrogens with zero attached hydrogens (tertiary/aromatic N) is 7. The summed E-state index contributed by atoms with van der Waals surface area (Å²) >= 11 is 0. The maximum atomic E-state index is 14.0. The van der Waals surface area contributed by atoms with E-state index in [2.05, 4.69) is 20.9 Å². The van der Waals surface area contributed by atoms with Gasteiger partial charge in [0.05, 0.1) is 18.9 Å². The summed E-state index contributed by atoms with van der Waals surface area (Å²) in [7, 11) is 0. The summed E-state index contributed by atoms with van der Waals surface area (Å²) < 4.78 is 14.5. The van der Waals surface area contributed by atoms with Crippen LogP contribution in [0.2, 0.25) is 0 Å². The Hall–Kier alpha value is -4.99. The molecule has 1 amide bonds. The molecule has 0 bridgehead atoms. The topological polar surface area (TPSA) is 145 Å². The summed E-state index contributed by atoms with van der Waals surface area (Å²) in [5, 5.41) is 9.95. The number of likely N-dealkylation sites (tertiary alicyclic amines) is 2. The largest absolute Gasteiger partial charge is 0.457 e. The fourth-order valence-corrected chi connectivity index (χ4v) is 6.75. The summed E-state index contributed by atoms with van der Waals surface area (Å²) in [4.78, 5) is 40.2. The molecule has 3 aliphatic heterocycles. The summed E-state index contributed by atoms with van der Waals surface area (Å²) in [5.74, 6) is 1.25. The van der Waals surface area contributed by atoms with Gasteiger partial charge < -0.3 is 20.1 Å². The third-order valence-electron chi connectivity index (χ3n) is 9.40. The Morgan fingerprint density at radius 2 is 1.74 bits per heavy atom. The molecule has 2 aromatic carbocycles. The van der Waals surface area contributed by atoms with E-state index >= 15 is 0 Å². The fourth-order valence-electron chi connectivity index (χ4n) is 6.75. The summed E-state index contributed by atoms with van der Waals surface area (Å²) in [6, 6.07) is 18.6. The smallest absolute Gasteiger partial charge is 0.335 e. The van der Waals surface area contributed by atoms with E-state index in [0.29, 0.717) is 54.3 Å². The molecule has 12 nitrogen and oxygen atoms in total. The van der Waals surface area contributed by atoms with Gasteiger partial charge in [-0.15, -0.1) is 0 Å². The standard InChI is InChI=1S/C34H36N8O4/c1-33(2,40-18-34(19-40)20-45-21-34)16-23(17-35)31(43)39-14-12-25(13-15-39)42-30-28(29(36)37-22-38-30)41(32(42)44)24-8-10-27(11-9-24)46-26-6-4-3-5-7-26/h3-11,16,22,25H,12-15,18-21H2,1-2H3,(H2,36,37,38). The van der Waals surface area contributed by atoms with Gasteiger partial charge >= 0.3 is 5.69 Å². The Labute approximate surface area is 266 Å². The van der Waals surface area contributed by atoms with Gasteiger partial charge in [-0.3, -0.25) is 18.8 Å². The first kappa shape index (κ1) is 29.7. The first-order valence-corrected chi connectivity index (χ1v) is 15.5. The number of para-hydroxylation sites is 1. The van der Waals surface area contributed by atoms with Gasteiger partial charge in [0.1, 0.15) is 35.0 Å². The molecule has 3 fully saturated rings. The molecule has 4 aromatic rings. The molecule has 0 radical (unpaired) electrons. The second-order valence-corrected chi connectivity index (χ2v) is 13.0. The zero-order valence-electron chi connectivity index (χ0n) is 25.9. The van der Waals surface area contributed by atoms with Crippen molar-refractivity contribution in [2.75, 3.05) is 45.1 Å². The molecule has 5 heterocycles. The number of imidazole rings is 1. The summed E-state index contributed by atoms with van der Waals surface area (Å²) in [6.45, 7) is 8.23. The number of anilines is 1. The maximum absolute atomic E-state index is 14.0. The van der Waals surface area contributed by atoms with Crippen molar-refractivity contribution in [3.63, 3.8) is 0 Å². The number of ether oxygens (including phenoxy) is 2. The van der Waals surface area contributed by atoms with E-state index in [0.717, 1.165) is 26.3 Å². The lowest BCUT2D eigenvalue weighted by Crippen LogP contribution is -2.70. The molecule has 2 N–H and O–H groups in total. The number of piperidine rings is 1. The Morgan fingerprint density at radius 3 is 2.37 bits per heavy atom. The average Bonchev–Trinajstić information content (AvgIpc) is 3.32. The number of nitrogens with two attached hydrogens (primary N) is 1. The van der Waals surface area contributed by atoms with Crippen molar-refractivity contribution in [1.29, 1.82) is 5.26 Å². The number of hydrogen-bond donors (Lipinski definition) is 1. The second-order valence-electron chi connectivity index (χ2n) is 13.0. The third-order valence-corrected chi connectivity index (χ3v) is 9.40. The van der Waals surface area contributed by atoms with Crippen LogP contribution in [0.1, 0.15) is 32.7 Å². The van der Waals surface area contributed by atoms with Crippen LogP contribution < -0.4 is 16.2 Å². The van der Waals surface area contributed by atoms with Crippen molar-refractivity contribution in [2.45, 2.75) is 38.3 Å². The highest BCUT2D eigenvalue weighted by Gasteiger charge is 2.52. The molecule has 3 saturated heterocycles. The van der Waals surface area contributed by atoms with Crippen LogP contribution in [0.25, 0.3) is 16.9 Å². The number of nitriles is 1. The lowest BCUT2D eigenvalue weighted by molar-refractivity contribution is -0.204. The van der Waals surface area contributed by atoms with Crippen LogP contribution in [0.5, 0.6) is 11.5 Å². The Balaban J connectivity index is 1.09. The molecule has 0 aliphatic carbocycles. The number of carbonyl (C=O) groups is 1. The highest BCUT2D eigenvalue weighted by Crippen LogP contribution is 2.42. The van der Waals surface area contributed by atoms with Gasteiger partial charge in [-0.05, 0) is 69.2 Å². The second kappa shape index (κ2) is 11.4. The molecular weight excluding hydrogens is 584 g/mol. The van der Waals surface area contributed by atoms with Crippen molar-refractivity contribution in [3.05, 3.63) is 83.1 Å². The number of hydrogen-bond acceptors (Lipinski definition) is 9. The fraction of sp³-hybridized carbons (Fsp3) is 0.382. The van der Waals surface area contributed by atoms with Crippen molar-refractivity contribution in [1.82, 2.24) is 28.9 Å². The third kappa shape index (κ3) is 5.21. The molecule has 0 unspecified atom stereocenters. The van der Waals surface area contributed by atoms with Crippen LogP contribution in [-0.4, -0.2) is 79.7 Å². The van der Waals surface area contributed by atoms with Gasteiger partial charge in [0, 0.05) is 43.2 Å². The van der Waals surface area contributed by atoms with E-state index < -0.39 is 5.54 Å². The zero-order valence-corrected chi connectivity index (χ0v) is 25.9. The van der Waals surface area contributed by atoms with Crippen molar-refractivity contribution in [2.24, 2.45) is 5.41 Å². The number of aromatic nitrogens is 4. The van der Waals surface area contributed by atoms with Crippen LogP contribution in [0, 0.1) is 16.7 Å². The molecule has 1 spiro atoms. The van der Waals surface area contributed by atoms with Crippen LogP contribution in [0.15, 0.2) is 77.4 Å². The zero-order chi connectivity index (χ0) is 32.1. The lowest BCUT2D eigenvalue weighted by Gasteiger charge is -2.59. The minimum absolute atomic E-state index is 0.142. The number of rotatable bonds is 7.